The second-order valence-corrected chi connectivity index (χ2v) is 5.30. The van der Waals surface area contributed by atoms with E-state index in [4.69, 9.17) is 0 Å². The van der Waals surface area contributed by atoms with Crippen molar-refractivity contribution in [3.05, 3.63) is 51.3 Å². The van der Waals surface area contributed by atoms with E-state index in [2.05, 4.69) is 0 Å². The lowest BCUT2D eigenvalue weighted by atomic mass is 9.96. The molecule has 0 fully saturated rings. The lowest BCUT2D eigenvalue weighted by Crippen LogP contribution is -2.43. The summed E-state index contributed by atoms with van der Waals surface area (Å²) in [6.07, 6.45) is 0. The lowest BCUT2D eigenvalue weighted by molar-refractivity contribution is -0.384. The summed E-state index contributed by atoms with van der Waals surface area (Å²) in [5, 5.41) is 29.9. The fraction of sp³-hybridized carbons (Fsp3) is 0.267. The van der Waals surface area contributed by atoms with Gasteiger partial charge in [0, 0.05) is 12.1 Å². The van der Waals surface area contributed by atoms with Crippen LogP contribution in [0.25, 0.3) is 0 Å². The fourth-order valence-corrected chi connectivity index (χ4v) is 2.61. The highest BCUT2D eigenvalue weighted by Gasteiger charge is 2.46. The number of benzene rings is 1. The zero-order valence-electron chi connectivity index (χ0n) is 12.8. The Morgan fingerprint density at radius 3 is 2.25 bits per heavy atom. The molecule has 1 aliphatic heterocycles. The van der Waals surface area contributed by atoms with Gasteiger partial charge in [0.25, 0.3) is 11.6 Å². The quantitative estimate of drug-likeness (QED) is 0.612. The van der Waals surface area contributed by atoms with Crippen LogP contribution in [0.4, 0.5) is 5.69 Å². The van der Waals surface area contributed by atoms with Crippen LogP contribution in [0.5, 0.6) is 0 Å². The molecular weight excluding hydrogens is 320 g/mol. The van der Waals surface area contributed by atoms with Gasteiger partial charge in [0.15, 0.2) is 11.5 Å². The summed E-state index contributed by atoms with van der Waals surface area (Å²) in [7, 11) is 0. The molecule has 0 unspecified atom stereocenters. The van der Waals surface area contributed by atoms with E-state index in [0.29, 0.717) is 0 Å². The van der Waals surface area contributed by atoms with Gasteiger partial charge in [-0.1, -0.05) is 0 Å². The summed E-state index contributed by atoms with van der Waals surface area (Å²) in [4.78, 5) is 46.3. The second kappa shape index (κ2) is 6.11. The van der Waals surface area contributed by atoms with Crippen LogP contribution in [-0.4, -0.2) is 43.7 Å². The van der Waals surface area contributed by atoms with Crippen LogP contribution < -0.4 is 0 Å². The molecule has 9 nitrogen and oxygen atoms in total. The molecule has 2 N–H and O–H groups in total. The van der Waals surface area contributed by atoms with Crippen molar-refractivity contribution in [3.8, 4) is 0 Å². The first-order chi connectivity index (χ1) is 11.2. The zero-order chi connectivity index (χ0) is 18.2. The highest BCUT2D eigenvalue weighted by Crippen LogP contribution is 2.39. The Labute approximate surface area is 136 Å². The Kier molecular flexibility index (Phi) is 4.36. The molecular formula is C15H14N2O7. The first kappa shape index (κ1) is 17.1. The largest absolute Gasteiger partial charge is 0.503 e. The number of hydrogen-bond acceptors (Lipinski definition) is 6. The Hall–Kier alpha value is -3.23. The maximum atomic E-state index is 12.2. The number of carboxylic acid groups (broad SMARTS) is 1. The van der Waals surface area contributed by atoms with E-state index in [1.807, 2.05) is 0 Å². The van der Waals surface area contributed by atoms with Gasteiger partial charge in [-0.3, -0.25) is 19.7 Å². The number of hydrogen-bond donors (Lipinski definition) is 2. The number of aliphatic hydroxyl groups is 1. The van der Waals surface area contributed by atoms with Gasteiger partial charge in [0.05, 0.1) is 16.5 Å². The molecule has 0 spiro atoms. The molecule has 126 valence electrons. The normalized spacial score (nSPS) is 18.7. The number of carbonyl (C=O) groups is 3. The molecule has 0 radical (unpaired) electrons. The van der Waals surface area contributed by atoms with Crippen molar-refractivity contribution in [1.82, 2.24) is 4.90 Å². The van der Waals surface area contributed by atoms with E-state index in [1.54, 1.807) is 0 Å². The van der Waals surface area contributed by atoms with Crippen LogP contribution in [0.2, 0.25) is 0 Å². The number of non-ortho nitro benzene ring substituents is 1. The van der Waals surface area contributed by atoms with Gasteiger partial charge < -0.3 is 15.1 Å². The minimum Gasteiger partial charge on any atom is -0.503 e. The molecule has 0 saturated heterocycles. The highest BCUT2D eigenvalue weighted by molar-refractivity contribution is 6.09. The number of carboxylic acids is 1. The summed E-state index contributed by atoms with van der Waals surface area (Å²) >= 11 is 0. The number of rotatable bonds is 5. The van der Waals surface area contributed by atoms with Crippen LogP contribution in [0.3, 0.4) is 0 Å². The summed E-state index contributed by atoms with van der Waals surface area (Å²) in [6.45, 7) is 2.39. The van der Waals surface area contributed by atoms with E-state index in [1.165, 1.54) is 31.2 Å². The van der Waals surface area contributed by atoms with Crippen molar-refractivity contribution >= 4 is 23.3 Å². The molecule has 1 aromatic carbocycles. The van der Waals surface area contributed by atoms with Gasteiger partial charge in [-0.15, -0.1) is 0 Å². The molecule has 2 rings (SSSR count). The van der Waals surface area contributed by atoms with Crippen molar-refractivity contribution in [2.24, 2.45) is 0 Å². The third-order valence-electron chi connectivity index (χ3n) is 3.82. The standard InChI is InChI=1S/C15H14N2O7/c1-7(15(21)22)16-12(11(8(2)18)13(19)14(16)20)9-3-5-10(6-4-9)17(23)24/h3-7,12,19H,1-2H3,(H,21,22)/t7-,12-/m0/s1. The Bertz CT molecular complexity index is 767. The van der Waals surface area contributed by atoms with Crippen molar-refractivity contribution in [3.63, 3.8) is 0 Å². The molecule has 9 heteroatoms. The van der Waals surface area contributed by atoms with Crippen molar-refractivity contribution < 1.29 is 29.5 Å². The van der Waals surface area contributed by atoms with Crippen LogP contribution in [0.1, 0.15) is 25.5 Å². The predicted octanol–water partition coefficient (Wildman–Crippen LogP) is 1.35. The number of nitrogens with zero attached hydrogens (tertiary/aromatic N) is 2. The molecule has 2 atom stereocenters. The topological polar surface area (TPSA) is 138 Å². The molecule has 24 heavy (non-hydrogen) atoms. The van der Waals surface area contributed by atoms with E-state index in [9.17, 15) is 34.7 Å². The molecule has 0 aromatic heterocycles. The molecule has 0 saturated carbocycles. The molecule has 1 heterocycles. The smallest absolute Gasteiger partial charge is 0.326 e. The number of aliphatic hydroxyl groups excluding tert-OH is 1. The second-order valence-electron chi connectivity index (χ2n) is 5.30. The minimum atomic E-state index is -1.31. The van der Waals surface area contributed by atoms with Gasteiger partial charge in [-0.25, -0.2) is 4.79 Å². The first-order valence-electron chi connectivity index (χ1n) is 6.90. The Morgan fingerprint density at radius 1 is 1.29 bits per heavy atom. The summed E-state index contributed by atoms with van der Waals surface area (Å²) in [5.74, 6) is -3.69. The Balaban J connectivity index is 2.58. The fourth-order valence-electron chi connectivity index (χ4n) is 2.61. The third kappa shape index (κ3) is 2.71. The third-order valence-corrected chi connectivity index (χ3v) is 3.82. The number of nitro groups is 1. The van der Waals surface area contributed by atoms with Gasteiger partial charge in [-0.2, -0.15) is 0 Å². The number of ketones is 1. The molecule has 1 aromatic rings. The van der Waals surface area contributed by atoms with Gasteiger partial charge in [0.1, 0.15) is 6.04 Å². The van der Waals surface area contributed by atoms with Crippen molar-refractivity contribution in [2.45, 2.75) is 25.9 Å². The van der Waals surface area contributed by atoms with E-state index in [0.717, 1.165) is 11.8 Å². The number of Topliss-reactive ketones (excluding diaryl/α,β-unsaturated/α-hetero) is 1. The van der Waals surface area contributed by atoms with Crippen LogP contribution in [0.15, 0.2) is 35.6 Å². The number of aliphatic carboxylic acids is 1. The van der Waals surface area contributed by atoms with Gasteiger partial charge in [-0.05, 0) is 31.5 Å². The summed E-state index contributed by atoms with van der Waals surface area (Å²) < 4.78 is 0. The number of amides is 1. The van der Waals surface area contributed by atoms with Crippen LogP contribution in [0, 0.1) is 10.1 Å². The molecule has 1 aliphatic rings. The lowest BCUT2D eigenvalue weighted by Gasteiger charge is -2.29. The Morgan fingerprint density at radius 2 is 1.83 bits per heavy atom. The molecule has 1 amide bonds. The minimum absolute atomic E-state index is 0.196. The van der Waals surface area contributed by atoms with Crippen LogP contribution in [-0.2, 0) is 14.4 Å². The zero-order valence-corrected chi connectivity index (χ0v) is 12.8. The average molecular weight is 334 g/mol. The maximum absolute atomic E-state index is 12.2. The van der Waals surface area contributed by atoms with Crippen molar-refractivity contribution in [1.29, 1.82) is 0 Å². The summed E-state index contributed by atoms with van der Waals surface area (Å²) in [6, 6.07) is 2.56. The maximum Gasteiger partial charge on any atom is 0.326 e. The van der Waals surface area contributed by atoms with E-state index in [-0.39, 0.29) is 16.8 Å². The first-order valence-corrected chi connectivity index (χ1v) is 6.90. The average Bonchev–Trinajstić information content (AvgIpc) is 2.78. The molecule has 0 bridgehead atoms. The van der Waals surface area contributed by atoms with Crippen molar-refractivity contribution in [2.75, 3.05) is 0 Å². The predicted molar refractivity (Wildman–Crippen MR) is 80.1 cm³/mol. The van der Waals surface area contributed by atoms with Gasteiger partial charge >= 0.3 is 5.97 Å². The SMILES string of the molecule is CC(=O)C1=C(O)C(=O)N([C@@H](C)C(=O)O)[C@H]1c1ccc([N+](=O)[O-])cc1. The highest BCUT2D eigenvalue weighted by atomic mass is 16.6. The van der Waals surface area contributed by atoms with Gasteiger partial charge in [0.2, 0.25) is 0 Å². The summed E-state index contributed by atoms with van der Waals surface area (Å²) in [5.41, 5.74) is -0.142. The van der Waals surface area contributed by atoms with Crippen LogP contribution >= 0.6 is 0 Å². The molecule has 0 aliphatic carbocycles. The monoisotopic (exact) mass is 334 g/mol. The number of nitro benzene ring substituents is 1. The number of carbonyl (C=O) groups excluding carboxylic acids is 2. The van der Waals surface area contributed by atoms with E-state index >= 15 is 0 Å². The van der Waals surface area contributed by atoms with E-state index < -0.39 is 40.4 Å².